The van der Waals surface area contributed by atoms with Crippen molar-refractivity contribution in [3.63, 3.8) is 0 Å². The smallest absolute Gasteiger partial charge is 0.286 e. The zero-order valence-electron chi connectivity index (χ0n) is 9.13. The Morgan fingerprint density at radius 1 is 1.40 bits per heavy atom. The van der Waals surface area contributed by atoms with E-state index in [2.05, 4.69) is 0 Å². The minimum atomic E-state index is -3.99. The van der Waals surface area contributed by atoms with Crippen LogP contribution in [-0.2, 0) is 10.1 Å². The minimum Gasteiger partial charge on any atom is -0.359 e. The van der Waals surface area contributed by atoms with Crippen molar-refractivity contribution < 1.29 is 13.0 Å². The first kappa shape index (κ1) is 12.3. The molecule has 0 amide bonds. The fourth-order valence-electron chi connectivity index (χ4n) is 1.61. The SMILES string of the molecule is CCCC(N1C=CN(CC)C1)S(=O)(=O)O. The summed E-state index contributed by atoms with van der Waals surface area (Å²) in [5.41, 5.74) is 0. The summed E-state index contributed by atoms with van der Waals surface area (Å²) in [6.07, 6.45) is 4.73. The van der Waals surface area contributed by atoms with E-state index < -0.39 is 15.5 Å². The molecular weight excluding hydrogens is 216 g/mol. The maximum absolute atomic E-state index is 11.2. The van der Waals surface area contributed by atoms with E-state index in [-0.39, 0.29) is 0 Å². The van der Waals surface area contributed by atoms with Crippen LogP contribution in [-0.4, -0.2) is 41.4 Å². The summed E-state index contributed by atoms with van der Waals surface area (Å²) in [6.45, 7) is 5.25. The van der Waals surface area contributed by atoms with Crippen LogP contribution in [0.1, 0.15) is 26.7 Å². The van der Waals surface area contributed by atoms with Crippen LogP contribution >= 0.6 is 0 Å². The molecule has 1 aliphatic heterocycles. The Morgan fingerprint density at radius 3 is 2.47 bits per heavy atom. The van der Waals surface area contributed by atoms with Gasteiger partial charge in [-0.25, -0.2) is 0 Å². The summed E-state index contributed by atoms with van der Waals surface area (Å²) in [5, 5.41) is -0.810. The van der Waals surface area contributed by atoms with Crippen LogP contribution in [0.5, 0.6) is 0 Å². The molecule has 6 heteroatoms. The van der Waals surface area contributed by atoms with Gasteiger partial charge in [-0.3, -0.25) is 4.55 Å². The van der Waals surface area contributed by atoms with Gasteiger partial charge < -0.3 is 9.80 Å². The van der Waals surface area contributed by atoms with E-state index in [0.29, 0.717) is 13.1 Å². The molecule has 0 fully saturated rings. The molecule has 0 aromatic heterocycles. The summed E-state index contributed by atoms with van der Waals surface area (Å²) >= 11 is 0. The van der Waals surface area contributed by atoms with E-state index in [1.54, 1.807) is 11.1 Å². The number of nitrogens with zero attached hydrogens (tertiary/aromatic N) is 2. The highest BCUT2D eigenvalue weighted by Gasteiger charge is 2.29. The lowest BCUT2D eigenvalue weighted by molar-refractivity contribution is 0.239. The van der Waals surface area contributed by atoms with Crippen LogP contribution in [0.15, 0.2) is 12.4 Å². The largest absolute Gasteiger partial charge is 0.359 e. The van der Waals surface area contributed by atoms with E-state index in [4.69, 9.17) is 4.55 Å². The maximum Gasteiger partial charge on any atom is 0.286 e. The van der Waals surface area contributed by atoms with Gasteiger partial charge >= 0.3 is 0 Å². The van der Waals surface area contributed by atoms with E-state index in [1.807, 2.05) is 24.9 Å². The van der Waals surface area contributed by atoms with Crippen molar-refractivity contribution in [2.75, 3.05) is 13.2 Å². The third kappa shape index (κ3) is 3.10. The van der Waals surface area contributed by atoms with Crippen molar-refractivity contribution in [2.24, 2.45) is 0 Å². The van der Waals surface area contributed by atoms with E-state index in [0.717, 1.165) is 13.0 Å². The quantitative estimate of drug-likeness (QED) is 0.721. The molecule has 15 heavy (non-hydrogen) atoms. The monoisotopic (exact) mass is 234 g/mol. The average molecular weight is 234 g/mol. The second-order valence-electron chi connectivity index (χ2n) is 3.62. The van der Waals surface area contributed by atoms with E-state index >= 15 is 0 Å². The predicted molar refractivity (Wildman–Crippen MR) is 58.5 cm³/mol. The molecule has 0 spiro atoms. The Balaban J connectivity index is 2.72. The molecule has 0 aromatic carbocycles. The lowest BCUT2D eigenvalue weighted by Crippen LogP contribution is -2.39. The van der Waals surface area contributed by atoms with Crippen molar-refractivity contribution in [3.05, 3.63) is 12.4 Å². The lowest BCUT2D eigenvalue weighted by Gasteiger charge is -2.26. The first-order valence-corrected chi connectivity index (χ1v) is 6.63. The van der Waals surface area contributed by atoms with Gasteiger partial charge in [0.05, 0.1) is 6.67 Å². The number of hydrogen-bond donors (Lipinski definition) is 1. The highest BCUT2D eigenvalue weighted by Crippen LogP contribution is 2.18. The standard InChI is InChI=1S/C9H18N2O3S/c1-3-5-9(15(12,13)14)11-7-6-10(4-2)8-11/h6-7,9H,3-5,8H2,1-2H3,(H,12,13,14). The summed E-state index contributed by atoms with van der Waals surface area (Å²) in [4.78, 5) is 3.64. The molecule has 1 unspecified atom stereocenters. The summed E-state index contributed by atoms with van der Waals surface area (Å²) in [6, 6.07) is 0. The molecule has 88 valence electrons. The molecule has 0 aromatic rings. The highest BCUT2D eigenvalue weighted by atomic mass is 32.2. The highest BCUT2D eigenvalue weighted by molar-refractivity contribution is 7.86. The normalized spacial score (nSPS) is 18.6. The van der Waals surface area contributed by atoms with Crippen molar-refractivity contribution in [1.29, 1.82) is 0 Å². The van der Waals surface area contributed by atoms with Crippen molar-refractivity contribution in [2.45, 2.75) is 32.1 Å². The lowest BCUT2D eigenvalue weighted by atomic mass is 10.3. The fourth-order valence-corrected chi connectivity index (χ4v) is 2.62. The Labute approximate surface area is 91.1 Å². The molecule has 1 N–H and O–H groups in total. The van der Waals surface area contributed by atoms with Gasteiger partial charge in [-0.2, -0.15) is 8.42 Å². The molecule has 1 aliphatic rings. The van der Waals surface area contributed by atoms with Gasteiger partial charge in [0, 0.05) is 18.9 Å². The molecule has 1 atom stereocenters. The van der Waals surface area contributed by atoms with Gasteiger partial charge in [0.2, 0.25) is 0 Å². The van der Waals surface area contributed by atoms with Crippen LogP contribution in [0.3, 0.4) is 0 Å². The molecule has 0 bridgehead atoms. The Morgan fingerprint density at radius 2 is 2.07 bits per heavy atom. The van der Waals surface area contributed by atoms with Crippen molar-refractivity contribution in [1.82, 2.24) is 9.80 Å². The molecule has 0 aliphatic carbocycles. The molecule has 0 saturated carbocycles. The third-order valence-electron chi connectivity index (χ3n) is 2.47. The van der Waals surface area contributed by atoms with Gasteiger partial charge in [-0.05, 0) is 13.3 Å². The predicted octanol–water partition coefficient (Wildman–Crippen LogP) is 1.07. The molecule has 1 heterocycles. The second-order valence-corrected chi connectivity index (χ2v) is 5.19. The Bertz CT molecular complexity index is 326. The summed E-state index contributed by atoms with van der Waals surface area (Å²) in [5.74, 6) is 0. The van der Waals surface area contributed by atoms with Gasteiger partial charge in [0.15, 0.2) is 5.37 Å². The van der Waals surface area contributed by atoms with Crippen molar-refractivity contribution in [3.8, 4) is 0 Å². The van der Waals surface area contributed by atoms with Crippen molar-refractivity contribution >= 4 is 10.1 Å². The summed E-state index contributed by atoms with van der Waals surface area (Å²) in [7, 11) is -3.99. The summed E-state index contributed by atoms with van der Waals surface area (Å²) < 4.78 is 31.4. The molecule has 1 rings (SSSR count). The van der Waals surface area contributed by atoms with E-state index in [9.17, 15) is 8.42 Å². The Hall–Kier alpha value is -0.750. The van der Waals surface area contributed by atoms with Crippen LogP contribution < -0.4 is 0 Å². The van der Waals surface area contributed by atoms with Gasteiger partial charge in [0.1, 0.15) is 0 Å². The van der Waals surface area contributed by atoms with Crippen LogP contribution in [0, 0.1) is 0 Å². The molecular formula is C9H18N2O3S. The third-order valence-corrected chi connectivity index (χ3v) is 3.66. The maximum atomic E-state index is 11.2. The van der Waals surface area contributed by atoms with Crippen LogP contribution in [0.4, 0.5) is 0 Å². The van der Waals surface area contributed by atoms with Gasteiger partial charge in [0.25, 0.3) is 10.1 Å². The van der Waals surface area contributed by atoms with Crippen LogP contribution in [0.25, 0.3) is 0 Å². The fraction of sp³-hybridized carbons (Fsp3) is 0.778. The minimum absolute atomic E-state index is 0.445. The zero-order valence-corrected chi connectivity index (χ0v) is 9.94. The first-order valence-electron chi connectivity index (χ1n) is 5.13. The van der Waals surface area contributed by atoms with Gasteiger partial charge in [-0.15, -0.1) is 0 Å². The average Bonchev–Trinajstić information content (AvgIpc) is 2.60. The van der Waals surface area contributed by atoms with Gasteiger partial charge in [-0.1, -0.05) is 13.3 Å². The Kier molecular flexibility index (Phi) is 3.98. The molecule has 5 nitrogen and oxygen atoms in total. The molecule has 0 saturated heterocycles. The topological polar surface area (TPSA) is 60.9 Å². The first-order chi connectivity index (χ1) is 6.99. The molecule has 0 radical (unpaired) electrons. The van der Waals surface area contributed by atoms with E-state index in [1.165, 1.54) is 0 Å². The van der Waals surface area contributed by atoms with Crippen LogP contribution in [0.2, 0.25) is 0 Å². The number of rotatable bonds is 5. The number of hydrogen-bond acceptors (Lipinski definition) is 4. The second kappa shape index (κ2) is 4.85. The zero-order chi connectivity index (χ0) is 11.5.